The van der Waals surface area contributed by atoms with Gasteiger partial charge >= 0.3 is 0 Å². The molecule has 1 aromatic rings. The summed E-state index contributed by atoms with van der Waals surface area (Å²) in [6.45, 7) is 3.66. The minimum atomic E-state index is 0.0787. The lowest BCUT2D eigenvalue weighted by atomic mass is 10.2. The summed E-state index contributed by atoms with van der Waals surface area (Å²) in [7, 11) is 0. The molecule has 0 aromatic carbocycles. The Morgan fingerprint density at radius 1 is 1.73 bits per heavy atom. The molecule has 0 radical (unpaired) electrons. The van der Waals surface area contributed by atoms with Gasteiger partial charge in [0.05, 0.1) is 10.4 Å². The van der Waals surface area contributed by atoms with E-state index in [2.05, 4.69) is 4.98 Å². The molecule has 0 amide bonds. The third kappa shape index (κ3) is 1.74. The molecule has 1 aromatic heterocycles. The monoisotopic (exact) mass is 167 g/mol. The zero-order chi connectivity index (χ0) is 8.27. The van der Waals surface area contributed by atoms with E-state index in [-0.39, 0.29) is 5.78 Å². The fourth-order valence-electron chi connectivity index (χ4n) is 0.653. The SMILES string of the molecule is C/C=C(/C)C(=O)c1cncs1. The quantitative estimate of drug-likeness (QED) is 0.499. The number of thiazole rings is 1. The third-order valence-corrected chi connectivity index (χ3v) is 2.22. The van der Waals surface area contributed by atoms with Crippen molar-refractivity contribution in [3.8, 4) is 0 Å². The maximum absolute atomic E-state index is 11.3. The van der Waals surface area contributed by atoms with Gasteiger partial charge in [-0.3, -0.25) is 9.78 Å². The maximum Gasteiger partial charge on any atom is 0.199 e. The van der Waals surface area contributed by atoms with Gasteiger partial charge in [0, 0.05) is 6.20 Å². The van der Waals surface area contributed by atoms with Crippen LogP contribution in [0.3, 0.4) is 0 Å². The predicted octanol–water partition coefficient (Wildman–Crippen LogP) is 2.29. The Labute approximate surface area is 69.6 Å². The van der Waals surface area contributed by atoms with Gasteiger partial charge in [0.1, 0.15) is 0 Å². The lowest BCUT2D eigenvalue weighted by molar-refractivity contribution is 0.103. The number of carbonyl (C=O) groups is 1. The molecular weight excluding hydrogens is 158 g/mol. The highest BCUT2D eigenvalue weighted by molar-refractivity contribution is 7.11. The number of aromatic nitrogens is 1. The van der Waals surface area contributed by atoms with E-state index in [9.17, 15) is 4.79 Å². The van der Waals surface area contributed by atoms with Crippen molar-refractivity contribution in [3.63, 3.8) is 0 Å². The van der Waals surface area contributed by atoms with Crippen LogP contribution in [0.25, 0.3) is 0 Å². The standard InChI is InChI=1S/C8H9NOS/c1-3-6(2)8(10)7-4-9-5-11-7/h3-5H,1-2H3/b6-3-. The molecule has 0 atom stereocenters. The Bertz CT molecular complexity index is 274. The van der Waals surface area contributed by atoms with E-state index in [1.54, 1.807) is 11.7 Å². The van der Waals surface area contributed by atoms with Crippen LogP contribution in [0.15, 0.2) is 23.4 Å². The van der Waals surface area contributed by atoms with Crippen molar-refractivity contribution in [1.29, 1.82) is 0 Å². The number of hydrogen-bond acceptors (Lipinski definition) is 3. The highest BCUT2D eigenvalue weighted by atomic mass is 32.1. The second kappa shape index (κ2) is 3.44. The predicted molar refractivity (Wildman–Crippen MR) is 45.9 cm³/mol. The van der Waals surface area contributed by atoms with Gasteiger partial charge in [0.25, 0.3) is 0 Å². The molecule has 2 nitrogen and oxygen atoms in total. The molecule has 0 saturated carbocycles. The van der Waals surface area contributed by atoms with Gasteiger partial charge in [-0.25, -0.2) is 0 Å². The molecule has 0 spiro atoms. The topological polar surface area (TPSA) is 30.0 Å². The van der Waals surface area contributed by atoms with Crippen molar-refractivity contribution >= 4 is 17.1 Å². The fourth-order valence-corrected chi connectivity index (χ4v) is 1.28. The first-order chi connectivity index (χ1) is 5.25. The van der Waals surface area contributed by atoms with Gasteiger partial charge in [-0.15, -0.1) is 11.3 Å². The maximum atomic E-state index is 11.3. The van der Waals surface area contributed by atoms with Crippen molar-refractivity contribution in [2.75, 3.05) is 0 Å². The summed E-state index contributed by atoms with van der Waals surface area (Å²) in [4.78, 5) is 15.9. The van der Waals surface area contributed by atoms with Gasteiger partial charge in [-0.05, 0) is 19.4 Å². The number of ketones is 1. The van der Waals surface area contributed by atoms with Crippen molar-refractivity contribution in [1.82, 2.24) is 4.98 Å². The Morgan fingerprint density at radius 2 is 2.45 bits per heavy atom. The minimum absolute atomic E-state index is 0.0787. The highest BCUT2D eigenvalue weighted by Gasteiger charge is 2.07. The van der Waals surface area contributed by atoms with Gasteiger partial charge in [0.2, 0.25) is 0 Å². The Morgan fingerprint density at radius 3 is 2.91 bits per heavy atom. The number of rotatable bonds is 2. The Hall–Kier alpha value is -0.960. The lowest BCUT2D eigenvalue weighted by Crippen LogP contribution is -1.96. The van der Waals surface area contributed by atoms with Crippen LogP contribution in [0.2, 0.25) is 0 Å². The molecule has 3 heteroatoms. The average molecular weight is 167 g/mol. The molecule has 0 bridgehead atoms. The summed E-state index contributed by atoms with van der Waals surface area (Å²) < 4.78 is 0. The lowest BCUT2D eigenvalue weighted by Gasteiger charge is -1.92. The van der Waals surface area contributed by atoms with Crippen LogP contribution in [0.1, 0.15) is 23.5 Å². The van der Waals surface area contributed by atoms with Crippen LogP contribution >= 0.6 is 11.3 Å². The van der Waals surface area contributed by atoms with Crippen molar-refractivity contribution in [2.45, 2.75) is 13.8 Å². The number of nitrogens with zero attached hydrogens (tertiary/aromatic N) is 1. The summed E-state index contributed by atoms with van der Waals surface area (Å²) >= 11 is 1.37. The summed E-state index contributed by atoms with van der Waals surface area (Å²) in [5.41, 5.74) is 2.44. The van der Waals surface area contributed by atoms with E-state index in [1.165, 1.54) is 11.3 Å². The Kier molecular flexibility index (Phi) is 2.54. The molecule has 58 valence electrons. The van der Waals surface area contributed by atoms with Gasteiger partial charge < -0.3 is 0 Å². The zero-order valence-corrected chi connectivity index (χ0v) is 7.31. The van der Waals surface area contributed by atoms with Crippen LogP contribution < -0.4 is 0 Å². The summed E-state index contributed by atoms with van der Waals surface area (Å²) in [5.74, 6) is 0.0787. The van der Waals surface area contributed by atoms with E-state index < -0.39 is 0 Å². The second-order valence-corrected chi connectivity index (χ2v) is 3.05. The summed E-state index contributed by atoms with van der Waals surface area (Å²) in [6, 6.07) is 0. The van der Waals surface area contributed by atoms with Crippen LogP contribution in [-0.4, -0.2) is 10.8 Å². The van der Waals surface area contributed by atoms with Crippen LogP contribution in [-0.2, 0) is 0 Å². The molecule has 1 rings (SSSR count). The molecule has 0 fully saturated rings. The number of carbonyl (C=O) groups excluding carboxylic acids is 1. The van der Waals surface area contributed by atoms with Crippen molar-refractivity contribution in [3.05, 3.63) is 28.2 Å². The first-order valence-corrected chi connectivity index (χ1v) is 4.19. The van der Waals surface area contributed by atoms with Gasteiger partial charge in [-0.1, -0.05) is 6.08 Å². The summed E-state index contributed by atoms with van der Waals surface area (Å²) in [5, 5.41) is 0. The first kappa shape index (κ1) is 8.14. The average Bonchev–Trinajstić information content (AvgIpc) is 2.53. The molecule has 0 aliphatic rings. The molecule has 0 aliphatic carbocycles. The van der Waals surface area contributed by atoms with E-state index in [1.807, 2.05) is 19.9 Å². The largest absolute Gasteiger partial charge is 0.288 e. The van der Waals surface area contributed by atoms with Crippen LogP contribution in [0.4, 0.5) is 0 Å². The number of allylic oxidation sites excluding steroid dienone is 2. The second-order valence-electron chi connectivity index (χ2n) is 2.17. The van der Waals surface area contributed by atoms with Gasteiger partial charge in [-0.2, -0.15) is 0 Å². The molecule has 1 heterocycles. The normalized spacial score (nSPS) is 11.6. The van der Waals surface area contributed by atoms with E-state index in [4.69, 9.17) is 0 Å². The van der Waals surface area contributed by atoms with Crippen LogP contribution in [0, 0.1) is 0 Å². The third-order valence-electron chi connectivity index (χ3n) is 1.45. The van der Waals surface area contributed by atoms with Crippen LogP contribution in [0.5, 0.6) is 0 Å². The molecule has 0 unspecified atom stereocenters. The number of hydrogen-bond donors (Lipinski definition) is 0. The van der Waals surface area contributed by atoms with Crippen molar-refractivity contribution < 1.29 is 4.79 Å². The zero-order valence-electron chi connectivity index (χ0n) is 6.50. The molecule has 0 N–H and O–H groups in total. The first-order valence-electron chi connectivity index (χ1n) is 3.32. The van der Waals surface area contributed by atoms with Crippen molar-refractivity contribution in [2.24, 2.45) is 0 Å². The molecule has 11 heavy (non-hydrogen) atoms. The minimum Gasteiger partial charge on any atom is -0.288 e. The van der Waals surface area contributed by atoms with Gasteiger partial charge in [0.15, 0.2) is 5.78 Å². The molecule has 0 saturated heterocycles. The smallest absolute Gasteiger partial charge is 0.199 e. The molecule has 0 aliphatic heterocycles. The van der Waals surface area contributed by atoms with E-state index >= 15 is 0 Å². The molecular formula is C8H9NOS. The van der Waals surface area contributed by atoms with E-state index in [0.29, 0.717) is 4.88 Å². The Balaban J connectivity index is 2.87. The summed E-state index contributed by atoms with van der Waals surface area (Å²) in [6.07, 6.45) is 3.40. The highest BCUT2D eigenvalue weighted by Crippen LogP contribution is 2.11. The number of Topliss-reactive ketones (excluding diaryl/α,β-unsaturated/α-hetero) is 1. The fraction of sp³-hybridized carbons (Fsp3) is 0.250. The van der Waals surface area contributed by atoms with E-state index in [0.717, 1.165) is 5.57 Å².